The summed E-state index contributed by atoms with van der Waals surface area (Å²) in [5, 5.41) is 10.2. The van der Waals surface area contributed by atoms with E-state index in [1.54, 1.807) is 29.2 Å². The van der Waals surface area contributed by atoms with Crippen molar-refractivity contribution in [2.45, 2.75) is 18.4 Å². The number of nitrogens with zero attached hydrogens (tertiary/aromatic N) is 1. The molecule has 3 atom stereocenters. The number of primary amides is 1. The molecule has 3 unspecified atom stereocenters. The first-order chi connectivity index (χ1) is 17.3. The number of rotatable bonds is 9. The summed E-state index contributed by atoms with van der Waals surface area (Å²) >= 11 is 0. The third-order valence-corrected chi connectivity index (χ3v) is 7.05. The van der Waals surface area contributed by atoms with Crippen molar-refractivity contribution in [2.24, 2.45) is 11.1 Å². The highest BCUT2D eigenvalue weighted by Gasteiger charge is 2.60. The summed E-state index contributed by atoms with van der Waals surface area (Å²) in [6.07, 6.45) is 2.55. The van der Waals surface area contributed by atoms with Crippen LogP contribution in [0.3, 0.4) is 0 Å². The Labute approximate surface area is 208 Å². The van der Waals surface area contributed by atoms with Crippen molar-refractivity contribution >= 4 is 18.2 Å². The van der Waals surface area contributed by atoms with Gasteiger partial charge in [0.25, 0.3) is 0 Å². The quantitative estimate of drug-likeness (QED) is 0.500. The molecule has 190 valence electrons. The van der Waals surface area contributed by atoms with Gasteiger partial charge in [-0.05, 0) is 47.4 Å². The summed E-state index contributed by atoms with van der Waals surface area (Å²) in [4.78, 5) is 40.5. The molecule has 2 aromatic carbocycles. The topological polar surface area (TPSA) is 138 Å². The molecule has 10 heteroatoms. The summed E-state index contributed by atoms with van der Waals surface area (Å²) in [5.74, 6) is -1.84. The number of benzene rings is 2. The normalized spacial score (nSPS) is 20.9. The van der Waals surface area contributed by atoms with Crippen LogP contribution in [-0.4, -0.2) is 63.2 Å². The molecule has 2 aromatic rings. The zero-order chi connectivity index (χ0) is 26.2. The van der Waals surface area contributed by atoms with E-state index in [1.165, 1.54) is 34.6 Å². The van der Waals surface area contributed by atoms with E-state index in [1.807, 2.05) is 6.07 Å². The molecule has 2 aliphatic heterocycles. The van der Waals surface area contributed by atoms with Crippen LogP contribution in [0.4, 0.5) is 0 Å². The van der Waals surface area contributed by atoms with E-state index in [-0.39, 0.29) is 5.57 Å². The lowest BCUT2D eigenvalue weighted by molar-refractivity contribution is -0.137. The van der Waals surface area contributed by atoms with E-state index in [0.717, 1.165) is 5.56 Å². The lowest BCUT2D eigenvalue weighted by atomic mass is 9.62. The van der Waals surface area contributed by atoms with Gasteiger partial charge in [-0.25, -0.2) is 4.79 Å². The van der Waals surface area contributed by atoms with Crippen molar-refractivity contribution in [3.8, 4) is 23.0 Å². The van der Waals surface area contributed by atoms with Crippen LogP contribution in [0.1, 0.15) is 28.7 Å². The van der Waals surface area contributed by atoms with Crippen molar-refractivity contribution in [3.63, 3.8) is 0 Å². The first-order valence-corrected chi connectivity index (χ1v) is 11.2. The van der Waals surface area contributed by atoms with Crippen LogP contribution in [0.25, 0.3) is 0 Å². The lowest BCUT2D eigenvalue weighted by Crippen LogP contribution is -2.48. The summed E-state index contributed by atoms with van der Waals surface area (Å²) < 4.78 is 21.6. The molecule has 36 heavy (non-hydrogen) atoms. The number of carboxylic acid groups (broad SMARTS) is 1. The van der Waals surface area contributed by atoms with Crippen LogP contribution in [0.2, 0.25) is 0 Å². The fraction of sp³-hybridized carbons (Fsp3) is 0.346. The number of carbonyl (C=O) groups excluding carboxylic acids is 2. The number of aliphatic carboxylic acids is 1. The molecule has 0 saturated carbocycles. The summed E-state index contributed by atoms with van der Waals surface area (Å²) in [7, 11) is 5.92. The Morgan fingerprint density at radius 3 is 2.19 bits per heavy atom. The van der Waals surface area contributed by atoms with Crippen molar-refractivity contribution < 1.29 is 38.4 Å². The highest BCUT2D eigenvalue weighted by atomic mass is 16.5. The maximum absolute atomic E-state index is 13.1. The van der Waals surface area contributed by atoms with E-state index in [4.69, 9.17) is 24.7 Å². The lowest BCUT2D eigenvalue weighted by Gasteiger charge is -2.44. The van der Waals surface area contributed by atoms with E-state index < -0.39 is 29.3 Å². The van der Waals surface area contributed by atoms with Crippen LogP contribution >= 0.6 is 0 Å². The molecule has 2 aliphatic rings. The Bertz CT molecular complexity index is 1260. The Balaban J connectivity index is 2.01. The van der Waals surface area contributed by atoms with E-state index in [0.29, 0.717) is 53.4 Å². The Kier molecular flexibility index (Phi) is 6.53. The zero-order valence-corrected chi connectivity index (χ0v) is 20.4. The van der Waals surface area contributed by atoms with Gasteiger partial charge in [-0.3, -0.25) is 4.79 Å². The SMILES string of the molecule is COc1ccc(C(C(N)=O)C2(C=O)C(C(=O)O)=CN3CCc4cc(OC)c(OC)cc4C32)cc1OC. The second kappa shape index (κ2) is 9.44. The molecule has 10 nitrogen and oxygen atoms in total. The minimum atomic E-state index is -1.84. The summed E-state index contributed by atoms with van der Waals surface area (Å²) in [5.41, 5.74) is 5.71. The molecule has 0 fully saturated rings. The molecule has 0 radical (unpaired) electrons. The molecule has 1 amide bonds. The summed E-state index contributed by atoms with van der Waals surface area (Å²) in [6, 6.07) is 7.43. The Morgan fingerprint density at radius 1 is 1.03 bits per heavy atom. The number of ether oxygens (including phenoxy) is 4. The maximum atomic E-state index is 13.1. The zero-order valence-electron chi connectivity index (χ0n) is 20.4. The first kappa shape index (κ1) is 24.9. The molecule has 0 aromatic heterocycles. The van der Waals surface area contributed by atoms with Gasteiger partial charge in [0, 0.05) is 12.7 Å². The Morgan fingerprint density at radius 2 is 1.64 bits per heavy atom. The molecule has 0 aliphatic carbocycles. The predicted molar refractivity (Wildman–Crippen MR) is 128 cm³/mol. The maximum Gasteiger partial charge on any atom is 0.334 e. The van der Waals surface area contributed by atoms with Crippen molar-refractivity contribution in [1.29, 1.82) is 0 Å². The minimum absolute atomic E-state index is 0.219. The average Bonchev–Trinajstić information content (AvgIpc) is 3.23. The number of carboxylic acids is 1. The number of methoxy groups -OCH3 is 4. The van der Waals surface area contributed by atoms with E-state index in [2.05, 4.69) is 0 Å². The van der Waals surface area contributed by atoms with E-state index >= 15 is 0 Å². The number of amides is 1. The molecule has 0 spiro atoms. The number of nitrogens with two attached hydrogens (primary N) is 1. The average molecular weight is 497 g/mol. The number of carbonyl (C=O) groups is 3. The van der Waals surface area contributed by atoms with Gasteiger partial charge in [-0.2, -0.15) is 0 Å². The fourth-order valence-electron chi connectivity index (χ4n) is 5.52. The predicted octanol–water partition coefficient (Wildman–Crippen LogP) is 2.06. The summed E-state index contributed by atoms with van der Waals surface area (Å²) in [6.45, 7) is 0.428. The van der Waals surface area contributed by atoms with Crippen molar-refractivity contribution in [3.05, 3.63) is 58.8 Å². The van der Waals surface area contributed by atoms with Gasteiger partial charge in [0.05, 0.1) is 51.4 Å². The number of aldehydes is 1. The highest BCUT2D eigenvalue weighted by Crippen LogP contribution is 2.59. The number of fused-ring (bicyclic) bond motifs is 3. The smallest absolute Gasteiger partial charge is 0.334 e. The third-order valence-electron chi connectivity index (χ3n) is 7.05. The standard InChI is InChI=1S/C26H28N2O8/c1-33-18-6-5-15(10-19(18)34-2)22(24(27)30)26(13-29)17(25(31)32)12-28-8-7-14-9-20(35-3)21(36-4)11-16(14)23(26)28/h5-6,9-13,22-23H,7-8H2,1-4H3,(H2,27,30)(H,31,32). The molecule has 3 N–H and O–H groups in total. The fourth-order valence-corrected chi connectivity index (χ4v) is 5.52. The second-order valence-electron chi connectivity index (χ2n) is 8.64. The van der Waals surface area contributed by atoms with Gasteiger partial charge >= 0.3 is 5.97 Å². The van der Waals surface area contributed by atoms with Gasteiger partial charge in [0.1, 0.15) is 6.29 Å². The van der Waals surface area contributed by atoms with Crippen molar-refractivity contribution in [2.75, 3.05) is 35.0 Å². The first-order valence-electron chi connectivity index (χ1n) is 11.2. The molecule has 0 saturated heterocycles. The van der Waals surface area contributed by atoms with Gasteiger partial charge in [-0.1, -0.05) is 6.07 Å². The second-order valence-corrected chi connectivity index (χ2v) is 8.64. The van der Waals surface area contributed by atoms with Crippen LogP contribution < -0.4 is 24.7 Å². The molecule has 0 bridgehead atoms. The van der Waals surface area contributed by atoms with Crippen LogP contribution in [0.15, 0.2) is 42.1 Å². The van der Waals surface area contributed by atoms with E-state index in [9.17, 15) is 19.5 Å². The third kappa shape index (κ3) is 3.60. The van der Waals surface area contributed by atoms with Gasteiger partial charge < -0.3 is 39.5 Å². The van der Waals surface area contributed by atoms with Gasteiger partial charge in [0.15, 0.2) is 23.0 Å². The number of hydrogen-bond acceptors (Lipinski definition) is 8. The van der Waals surface area contributed by atoms with Crippen LogP contribution in [0.5, 0.6) is 23.0 Å². The monoisotopic (exact) mass is 496 g/mol. The number of hydrogen-bond donors (Lipinski definition) is 2. The van der Waals surface area contributed by atoms with Crippen LogP contribution in [0, 0.1) is 5.41 Å². The molecular formula is C26H28N2O8. The molecular weight excluding hydrogens is 468 g/mol. The van der Waals surface area contributed by atoms with Gasteiger partial charge in [0.2, 0.25) is 5.91 Å². The largest absolute Gasteiger partial charge is 0.493 e. The van der Waals surface area contributed by atoms with Crippen molar-refractivity contribution in [1.82, 2.24) is 4.90 Å². The van der Waals surface area contributed by atoms with Crippen LogP contribution in [-0.2, 0) is 20.8 Å². The highest BCUT2D eigenvalue weighted by molar-refractivity contribution is 6.00. The Hall–Kier alpha value is -4.21. The molecule has 2 heterocycles. The van der Waals surface area contributed by atoms with Gasteiger partial charge in [-0.15, -0.1) is 0 Å². The molecule has 4 rings (SSSR count). The minimum Gasteiger partial charge on any atom is -0.493 e.